The monoisotopic (exact) mass is 434 g/mol. The van der Waals surface area contributed by atoms with Crippen molar-refractivity contribution < 1.29 is 23.6 Å². The molecule has 9 heteroatoms. The molecule has 3 aromatic rings. The predicted octanol–water partition coefficient (Wildman–Crippen LogP) is 3.59. The second kappa shape index (κ2) is 9.01. The van der Waals surface area contributed by atoms with E-state index in [0.717, 1.165) is 11.1 Å². The van der Waals surface area contributed by atoms with Gasteiger partial charge in [-0.05, 0) is 43.2 Å². The van der Waals surface area contributed by atoms with Crippen LogP contribution >= 0.6 is 0 Å². The van der Waals surface area contributed by atoms with E-state index in [1.165, 1.54) is 5.01 Å². The van der Waals surface area contributed by atoms with E-state index in [1.54, 1.807) is 19.2 Å². The fourth-order valence-corrected chi connectivity index (χ4v) is 3.30. The minimum absolute atomic E-state index is 0.137. The Labute approximate surface area is 184 Å². The highest BCUT2D eigenvalue weighted by Crippen LogP contribution is 2.28. The molecule has 0 unspecified atom stereocenters. The van der Waals surface area contributed by atoms with E-state index in [1.807, 2.05) is 44.2 Å². The number of rotatable bonds is 6. The molecule has 164 valence electrons. The molecule has 0 spiro atoms. The summed E-state index contributed by atoms with van der Waals surface area (Å²) in [4.78, 5) is 29.3. The molecule has 1 aliphatic heterocycles. The van der Waals surface area contributed by atoms with Gasteiger partial charge >= 0.3 is 5.97 Å². The number of anilines is 1. The third-order valence-corrected chi connectivity index (χ3v) is 5.00. The normalized spacial score (nSPS) is 13.7. The number of methoxy groups -OCH3 is 1. The number of aryl methyl sites for hydroxylation is 2. The average Bonchev–Trinajstić information content (AvgIpc) is 3.28. The summed E-state index contributed by atoms with van der Waals surface area (Å²) in [5.74, 6) is 0.261. The molecule has 0 N–H and O–H groups in total. The fourth-order valence-electron chi connectivity index (χ4n) is 3.30. The van der Waals surface area contributed by atoms with E-state index in [-0.39, 0.29) is 37.0 Å². The molecule has 1 aromatic heterocycles. The summed E-state index contributed by atoms with van der Waals surface area (Å²) in [7, 11) is 1.55. The topological polar surface area (TPSA) is 107 Å². The van der Waals surface area contributed by atoms with E-state index >= 15 is 0 Å². The van der Waals surface area contributed by atoms with Gasteiger partial charge in [0, 0.05) is 12.8 Å². The number of amides is 1. The van der Waals surface area contributed by atoms with E-state index in [2.05, 4.69) is 15.2 Å². The summed E-state index contributed by atoms with van der Waals surface area (Å²) >= 11 is 0. The number of para-hydroxylation sites is 1. The Hall–Kier alpha value is -4.01. The van der Waals surface area contributed by atoms with Crippen LogP contribution in [0.15, 0.2) is 52.1 Å². The van der Waals surface area contributed by atoms with Crippen molar-refractivity contribution >= 4 is 23.3 Å². The van der Waals surface area contributed by atoms with Crippen molar-refractivity contribution in [1.29, 1.82) is 0 Å². The van der Waals surface area contributed by atoms with Gasteiger partial charge in [-0.3, -0.25) is 4.79 Å². The van der Waals surface area contributed by atoms with Gasteiger partial charge in [-0.1, -0.05) is 29.4 Å². The lowest BCUT2D eigenvalue weighted by molar-refractivity contribution is -0.137. The number of nitrogens with zero attached hydrogens (tertiary/aromatic N) is 4. The van der Waals surface area contributed by atoms with Crippen LogP contribution in [0.25, 0.3) is 11.4 Å². The van der Waals surface area contributed by atoms with Crippen LogP contribution < -0.4 is 9.75 Å². The molecule has 0 saturated heterocycles. The number of carbonyl (C=O) groups is 2. The number of hydrogen-bond donors (Lipinski definition) is 0. The van der Waals surface area contributed by atoms with Crippen LogP contribution in [0.3, 0.4) is 0 Å². The number of hydrogen-bond acceptors (Lipinski definition) is 8. The minimum Gasteiger partial charge on any atom is -0.496 e. The minimum atomic E-state index is -0.634. The number of benzene rings is 2. The van der Waals surface area contributed by atoms with Crippen molar-refractivity contribution in [3.05, 3.63) is 59.5 Å². The maximum Gasteiger partial charge on any atom is 0.355 e. The van der Waals surface area contributed by atoms with Crippen LogP contribution in [0.4, 0.5) is 5.69 Å². The number of aromatic nitrogens is 2. The van der Waals surface area contributed by atoms with Crippen molar-refractivity contribution in [2.24, 2.45) is 5.10 Å². The zero-order valence-electron chi connectivity index (χ0n) is 18.0. The average molecular weight is 434 g/mol. The molecule has 0 radical (unpaired) electrons. The van der Waals surface area contributed by atoms with Crippen LogP contribution in [-0.2, 0) is 20.9 Å². The second-order valence-electron chi connectivity index (χ2n) is 7.33. The largest absolute Gasteiger partial charge is 0.496 e. The zero-order chi connectivity index (χ0) is 22.7. The third-order valence-electron chi connectivity index (χ3n) is 5.00. The lowest BCUT2D eigenvalue weighted by Gasteiger charge is -2.24. The molecule has 1 aliphatic rings. The first-order valence-electron chi connectivity index (χ1n) is 10.1. The Morgan fingerprint density at radius 3 is 2.78 bits per heavy atom. The Morgan fingerprint density at radius 2 is 1.97 bits per heavy atom. The number of ether oxygens (including phenoxy) is 2. The van der Waals surface area contributed by atoms with Gasteiger partial charge in [0.25, 0.3) is 5.89 Å². The Bertz CT molecular complexity index is 1200. The van der Waals surface area contributed by atoms with E-state index in [0.29, 0.717) is 22.8 Å². The van der Waals surface area contributed by atoms with Gasteiger partial charge < -0.3 is 14.0 Å². The molecule has 1 amide bonds. The molecule has 32 heavy (non-hydrogen) atoms. The molecule has 9 nitrogen and oxygen atoms in total. The standard InChI is InChI=1S/C23H22N4O5/c1-14-8-9-15(2)18(12-14)27-21(28)11-10-17(25-27)23(29)31-13-20-24-22(26-32-20)16-6-4-5-7-19(16)30-3/h4-9,12H,10-11,13H2,1-3H3. The van der Waals surface area contributed by atoms with Gasteiger partial charge in [0.1, 0.15) is 11.5 Å². The summed E-state index contributed by atoms with van der Waals surface area (Å²) in [5.41, 5.74) is 3.35. The van der Waals surface area contributed by atoms with E-state index < -0.39 is 5.97 Å². The smallest absolute Gasteiger partial charge is 0.355 e. The molecule has 2 aromatic carbocycles. The summed E-state index contributed by atoms with van der Waals surface area (Å²) in [6, 6.07) is 13.0. The number of esters is 1. The maximum absolute atomic E-state index is 12.6. The van der Waals surface area contributed by atoms with Gasteiger partial charge in [-0.2, -0.15) is 15.1 Å². The van der Waals surface area contributed by atoms with Gasteiger partial charge in [-0.25, -0.2) is 4.79 Å². The van der Waals surface area contributed by atoms with E-state index in [4.69, 9.17) is 14.0 Å². The first kappa shape index (κ1) is 21.2. The van der Waals surface area contributed by atoms with Crippen molar-refractivity contribution in [1.82, 2.24) is 10.1 Å². The maximum atomic E-state index is 12.6. The van der Waals surface area contributed by atoms with Crippen molar-refractivity contribution in [2.75, 3.05) is 12.1 Å². The summed E-state index contributed by atoms with van der Waals surface area (Å²) in [6.07, 6.45) is 0.370. The van der Waals surface area contributed by atoms with Crippen LogP contribution in [0.2, 0.25) is 0 Å². The third kappa shape index (κ3) is 4.36. The van der Waals surface area contributed by atoms with Gasteiger partial charge in [0.2, 0.25) is 11.7 Å². The van der Waals surface area contributed by atoms with Gasteiger partial charge in [0.05, 0.1) is 18.4 Å². The summed E-state index contributed by atoms with van der Waals surface area (Å²) in [6.45, 7) is 3.61. The molecule has 4 rings (SSSR count). The quantitative estimate of drug-likeness (QED) is 0.546. The Morgan fingerprint density at radius 1 is 1.16 bits per heavy atom. The lowest BCUT2D eigenvalue weighted by atomic mass is 10.1. The lowest BCUT2D eigenvalue weighted by Crippen LogP contribution is -2.35. The van der Waals surface area contributed by atoms with Crippen molar-refractivity contribution in [3.63, 3.8) is 0 Å². The molecule has 0 atom stereocenters. The SMILES string of the molecule is COc1ccccc1-c1noc(COC(=O)C2=NN(c3cc(C)ccc3C)C(=O)CC2)n1. The number of hydrazone groups is 1. The van der Waals surface area contributed by atoms with Crippen molar-refractivity contribution in [3.8, 4) is 17.1 Å². The fraction of sp³-hybridized carbons (Fsp3) is 0.261. The number of carbonyl (C=O) groups excluding carboxylic acids is 2. The Balaban J connectivity index is 1.47. The zero-order valence-corrected chi connectivity index (χ0v) is 18.0. The highest BCUT2D eigenvalue weighted by Gasteiger charge is 2.28. The summed E-state index contributed by atoms with van der Waals surface area (Å²) < 4.78 is 15.8. The highest BCUT2D eigenvalue weighted by atomic mass is 16.6. The molecular formula is C23H22N4O5. The first-order valence-corrected chi connectivity index (χ1v) is 10.1. The van der Waals surface area contributed by atoms with Crippen LogP contribution in [0, 0.1) is 13.8 Å². The molecular weight excluding hydrogens is 412 g/mol. The van der Waals surface area contributed by atoms with Gasteiger partial charge in [-0.15, -0.1) is 0 Å². The molecule has 0 saturated carbocycles. The summed E-state index contributed by atoms with van der Waals surface area (Å²) in [5, 5.41) is 9.46. The van der Waals surface area contributed by atoms with E-state index in [9.17, 15) is 9.59 Å². The second-order valence-corrected chi connectivity index (χ2v) is 7.33. The van der Waals surface area contributed by atoms with Crippen LogP contribution in [0.1, 0.15) is 29.9 Å². The molecule has 0 bridgehead atoms. The highest BCUT2D eigenvalue weighted by molar-refractivity contribution is 6.38. The first-order chi connectivity index (χ1) is 15.5. The van der Waals surface area contributed by atoms with Crippen molar-refractivity contribution in [2.45, 2.75) is 33.3 Å². The Kier molecular flexibility index (Phi) is 5.98. The molecule has 0 fully saturated rings. The van der Waals surface area contributed by atoms with Gasteiger partial charge in [0.15, 0.2) is 6.61 Å². The van der Waals surface area contributed by atoms with Crippen LogP contribution in [0.5, 0.6) is 5.75 Å². The molecule has 2 heterocycles. The van der Waals surface area contributed by atoms with Crippen LogP contribution in [-0.4, -0.2) is 34.8 Å². The predicted molar refractivity (Wildman–Crippen MR) is 116 cm³/mol. The molecule has 0 aliphatic carbocycles.